The van der Waals surface area contributed by atoms with Crippen molar-refractivity contribution in [2.75, 3.05) is 6.61 Å². The Morgan fingerprint density at radius 3 is 1.84 bits per heavy atom. The van der Waals surface area contributed by atoms with E-state index in [9.17, 15) is 0 Å². The van der Waals surface area contributed by atoms with E-state index in [1.165, 1.54) is 29.6 Å². The van der Waals surface area contributed by atoms with Crippen LogP contribution in [-0.4, -0.2) is 49.6 Å². The number of benzene rings is 2. The molecular formula is C51H84O4Si3. The first-order chi connectivity index (χ1) is 26.8. The molecule has 0 spiro atoms. The van der Waals surface area contributed by atoms with Crippen LogP contribution in [0.1, 0.15) is 134 Å². The molecule has 324 valence electrons. The molecule has 3 aliphatic rings. The molecule has 0 unspecified atom stereocenters. The molecule has 0 amide bonds. The maximum atomic E-state index is 15.6. The number of hydrogen-bond acceptors (Lipinski definition) is 4. The van der Waals surface area contributed by atoms with Crippen LogP contribution in [0.3, 0.4) is 0 Å². The van der Waals surface area contributed by atoms with Gasteiger partial charge in [-0.2, -0.15) is 0 Å². The topological polar surface area (TPSA) is 44.8 Å². The number of fused-ring (bicyclic) bond motifs is 2. The third-order valence-electron chi connectivity index (χ3n) is 16.0. The van der Waals surface area contributed by atoms with Crippen molar-refractivity contribution in [3.05, 3.63) is 72.3 Å². The second-order valence-electron chi connectivity index (χ2n) is 23.4. The molecule has 2 aromatic rings. The number of allylic oxidation sites excluding steroid dienone is 2. The standard InChI is InChI=1S/C51H84O4Si3/c1-37(36-53-56(13,14)48(3,4)5)34-44(54-58(50(9,10)11,41-28-22-18-23-29-41)42-30-24-19-25-31-42)45-38(2)47(55-57(15,16)49(6,7)8)51(12)33-32-39-26-20-17-21-27-40(39)35-43(52)46(45)51/h18-19,22-25,28-32,37-38,40,44-47H,17,20-21,26-27,33-36H2,1-16H3/b39-32-/t37-,38-,40-,44-,45+,46-,47+,51-/m0/s1. The summed E-state index contributed by atoms with van der Waals surface area (Å²) in [5.74, 6) is 1.04. The highest BCUT2D eigenvalue weighted by molar-refractivity contribution is 6.99. The normalized spacial score (nSPS) is 28.7. The summed E-state index contributed by atoms with van der Waals surface area (Å²) in [6.45, 7) is 38.8. The van der Waals surface area contributed by atoms with Gasteiger partial charge in [-0.05, 0) is 107 Å². The molecule has 0 radical (unpaired) electrons. The SMILES string of the molecule is C[C@H](CO[Si](C)(C)C(C)(C)C)C[C@H](O[Si](c1ccccc1)(c1ccccc1)C(C)(C)C)[C@H]1[C@H](C)[C@@H](O[Si](C)(C)C(C)(C)C)[C@@]2(C)C/C=C3/CCCCC[C@H]3CC(=O)[C@@H]12. The summed E-state index contributed by atoms with van der Waals surface area (Å²) < 4.78 is 23.1. The van der Waals surface area contributed by atoms with E-state index in [1.54, 1.807) is 5.57 Å². The molecule has 4 nitrogen and oxygen atoms in total. The van der Waals surface area contributed by atoms with Crippen molar-refractivity contribution in [1.29, 1.82) is 0 Å². The number of Topliss-reactive ketones (excluding diaryl/α,β-unsaturated/α-hetero) is 1. The van der Waals surface area contributed by atoms with Gasteiger partial charge < -0.3 is 13.3 Å². The summed E-state index contributed by atoms with van der Waals surface area (Å²) >= 11 is 0. The van der Waals surface area contributed by atoms with E-state index in [1.807, 2.05) is 0 Å². The van der Waals surface area contributed by atoms with Crippen molar-refractivity contribution in [3.8, 4) is 0 Å². The number of carbonyl (C=O) groups is 1. The molecule has 0 aromatic heterocycles. The minimum absolute atomic E-state index is 0.00460. The van der Waals surface area contributed by atoms with Gasteiger partial charge in [0.1, 0.15) is 5.78 Å². The van der Waals surface area contributed by atoms with Gasteiger partial charge in [0.05, 0.1) is 12.2 Å². The molecule has 0 aliphatic heterocycles. The highest BCUT2D eigenvalue weighted by atomic mass is 28.4. The van der Waals surface area contributed by atoms with Crippen molar-refractivity contribution >= 4 is 41.1 Å². The van der Waals surface area contributed by atoms with Gasteiger partial charge in [-0.25, -0.2) is 0 Å². The Labute approximate surface area is 359 Å². The summed E-state index contributed by atoms with van der Waals surface area (Å²) in [7, 11) is -7.24. The van der Waals surface area contributed by atoms with Gasteiger partial charge in [0.15, 0.2) is 16.6 Å². The summed E-state index contributed by atoms with van der Waals surface area (Å²) in [5.41, 5.74) is 1.21. The maximum absolute atomic E-state index is 15.6. The smallest absolute Gasteiger partial charge is 0.261 e. The zero-order chi connectivity index (χ0) is 43.1. The first-order valence-corrected chi connectivity index (χ1v) is 30.8. The lowest BCUT2D eigenvalue weighted by molar-refractivity contribution is -0.131. The molecule has 2 fully saturated rings. The van der Waals surface area contributed by atoms with E-state index >= 15 is 4.79 Å². The summed E-state index contributed by atoms with van der Waals surface area (Å²) in [6, 6.07) is 22.3. The van der Waals surface area contributed by atoms with Crippen LogP contribution < -0.4 is 10.4 Å². The molecule has 0 saturated heterocycles. The molecule has 2 saturated carbocycles. The molecular weight excluding hydrogens is 761 g/mol. The lowest BCUT2D eigenvalue weighted by atomic mass is 9.66. The summed E-state index contributed by atoms with van der Waals surface area (Å²) in [5, 5.41) is 2.57. The highest BCUT2D eigenvalue weighted by Crippen LogP contribution is 2.60. The van der Waals surface area contributed by atoms with Crippen molar-refractivity contribution in [1.82, 2.24) is 0 Å². The molecule has 0 N–H and O–H groups in total. The quantitative estimate of drug-likeness (QED) is 0.158. The summed E-state index contributed by atoms with van der Waals surface area (Å²) in [4.78, 5) is 15.6. The fourth-order valence-electron chi connectivity index (χ4n) is 10.6. The third-order valence-corrected chi connectivity index (χ3v) is 30.1. The van der Waals surface area contributed by atoms with E-state index < -0.39 is 25.0 Å². The predicted molar refractivity (Wildman–Crippen MR) is 255 cm³/mol. The molecule has 5 rings (SSSR count). The number of hydrogen-bond donors (Lipinski definition) is 0. The predicted octanol–water partition coefficient (Wildman–Crippen LogP) is 13.1. The van der Waals surface area contributed by atoms with E-state index in [2.05, 4.69) is 176 Å². The molecule has 7 heteroatoms. The fourth-order valence-corrected chi connectivity index (χ4v) is 17.9. The Morgan fingerprint density at radius 2 is 1.33 bits per heavy atom. The van der Waals surface area contributed by atoms with E-state index in [4.69, 9.17) is 13.3 Å². The molecule has 2 aromatic carbocycles. The average Bonchev–Trinajstić information content (AvgIpc) is 3.23. The molecule has 0 bridgehead atoms. The minimum atomic E-state index is -3.01. The third kappa shape index (κ3) is 9.55. The molecule has 8 atom stereocenters. The van der Waals surface area contributed by atoms with Gasteiger partial charge in [-0.1, -0.05) is 168 Å². The monoisotopic (exact) mass is 845 g/mol. The Morgan fingerprint density at radius 1 is 0.776 bits per heavy atom. The van der Waals surface area contributed by atoms with Crippen LogP contribution in [0.15, 0.2) is 72.3 Å². The first-order valence-electron chi connectivity index (χ1n) is 23.1. The van der Waals surface area contributed by atoms with Crippen molar-refractivity contribution in [3.63, 3.8) is 0 Å². The van der Waals surface area contributed by atoms with Gasteiger partial charge >= 0.3 is 0 Å². The van der Waals surface area contributed by atoms with Crippen molar-refractivity contribution in [2.24, 2.45) is 35.0 Å². The summed E-state index contributed by atoms with van der Waals surface area (Å²) in [6.07, 6.45) is 10.8. The van der Waals surface area contributed by atoms with Crippen LogP contribution in [0.2, 0.25) is 41.3 Å². The molecule has 3 aliphatic carbocycles. The lowest BCUT2D eigenvalue weighted by Crippen LogP contribution is -2.68. The number of carbonyl (C=O) groups excluding carboxylic acids is 1. The van der Waals surface area contributed by atoms with E-state index in [-0.39, 0.29) is 56.4 Å². The second kappa shape index (κ2) is 17.6. The Kier molecular flexibility index (Phi) is 14.4. The highest BCUT2D eigenvalue weighted by Gasteiger charge is 2.64. The van der Waals surface area contributed by atoms with Gasteiger partial charge in [0.25, 0.3) is 8.32 Å². The van der Waals surface area contributed by atoms with Crippen molar-refractivity contribution < 1.29 is 18.1 Å². The number of rotatable bonds is 12. The maximum Gasteiger partial charge on any atom is 0.261 e. The minimum Gasteiger partial charge on any atom is -0.417 e. The van der Waals surface area contributed by atoms with Gasteiger partial charge in [0.2, 0.25) is 0 Å². The van der Waals surface area contributed by atoms with E-state index in [0.29, 0.717) is 24.7 Å². The van der Waals surface area contributed by atoms with Crippen molar-refractivity contribution in [2.45, 2.75) is 188 Å². The first kappa shape index (κ1) is 47.4. The zero-order valence-electron chi connectivity index (χ0n) is 39.9. The van der Waals surface area contributed by atoms with Crippen LogP contribution in [0.25, 0.3) is 0 Å². The van der Waals surface area contributed by atoms with Gasteiger partial charge in [0, 0.05) is 24.4 Å². The van der Waals surface area contributed by atoms with Crippen LogP contribution in [0.4, 0.5) is 0 Å². The van der Waals surface area contributed by atoms with Crippen LogP contribution >= 0.6 is 0 Å². The van der Waals surface area contributed by atoms with Crippen LogP contribution in [0.5, 0.6) is 0 Å². The van der Waals surface area contributed by atoms with Gasteiger partial charge in [-0.15, -0.1) is 0 Å². The Balaban J connectivity index is 1.74. The fraction of sp³-hybridized carbons (Fsp3) is 0.706. The molecule has 58 heavy (non-hydrogen) atoms. The Hall–Kier alpha value is -1.62. The van der Waals surface area contributed by atoms with Crippen LogP contribution in [-0.2, 0) is 18.1 Å². The Bertz CT molecular complexity index is 1660. The molecule has 0 heterocycles. The average molecular weight is 845 g/mol. The van der Waals surface area contributed by atoms with Gasteiger partial charge in [-0.3, -0.25) is 4.79 Å². The largest absolute Gasteiger partial charge is 0.417 e. The van der Waals surface area contributed by atoms with Crippen LogP contribution in [0, 0.1) is 35.0 Å². The zero-order valence-corrected chi connectivity index (χ0v) is 42.9. The van der Waals surface area contributed by atoms with E-state index in [0.717, 1.165) is 25.7 Å². The lowest BCUT2D eigenvalue weighted by Gasteiger charge is -2.48. The number of ketones is 1. The second-order valence-corrected chi connectivity index (χ2v) is 37.2.